The first-order chi connectivity index (χ1) is 9.53. The van der Waals surface area contributed by atoms with Crippen molar-refractivity contribution in [2.75, 3.05) is 0 Å². The molecule has 1 aromatic heterocycles. The van der Waals surface area contributed by atoms with Crippen molar-refractivity contribution in [1.82, 2.24) is 4.98 Å². The number of alkyl halides is 3. The molecule has 0 bridgehead atoms. The average Bonchev–Trinajstić information content (AvgIpc) is 2.32. The van der Waals surface area contributed by atoms with Crippen LogP contribution in [0.2, 0.25) is 0 Å². The first kappa shape index (κ1) is 16.0. The molecule has 1 heterocycles. The van der Waals surface area contributed by atoms with Crippen LogP contribution in [0.4, 0.5) is 17.6 Å². The van der Waals surface area contributed by atoms with E-state index < -0.39 is 27.3 Å². The van der Waals surface area contributed by atoms with Gasteiger partial charge in [0.25, 0.3) is 0 Å². The van der Waals surface area contributed by atoms with Crippen molar-refractivity contribution in [3.63, 3.8) is 0 Å². The lowest BCUT2D eigenvalue weighted by atomic mass is 10.1. The molecule has 0 aliphatic heterocycles. The third kappa shape index (κ3) is 2.95. The minimum atomic E-state index is -5.86. The van der Waals surface area contributed by atoms with Crippen LogP contribution in [0.15, 0.2) is 22.7 Å². The summed E-state index contributed by atoms with van der Waals surface area (Å²) in [6.45, 7) is 1.46. The van der Waals surface area contributed by atoms with Crippen molar-refractivity contribution in [3.05, 3.63) is 34.1 Å². The number of aryl methyl sites for hydroxylation is 1. The first-order valence-corrected chi connectivity index (χ1v) is 7.49. The largest absolute Gasteiger partial charge is 0.534 e. The summed E-state index contributed by atoms with van der Waals surface area (Å²) >= 11 is 2.90. The second-order valence-corrected chi connectivity index (χ2v) is 6.41. The molecule has 114 valence electrons. The van der Waals surface area contributed by atoms with Crippen LogP contribution in [0.1, 0.15) is 5.56 Å². The summed E-state index contributed by atoms with van der Waals surface area (Å²) < 4.78 is 76.5. The van der Waals surface area contributed by atoms with Crippen LogP contribution in [0.5, 0.6) is 5.88 Å². The fourth-order valence-corrected chi connectivity index (χ4v) is 2.30. The molecule has 0 N–H and O–H groups in total. The summed E-state index contributed by atoms with van der Waals surface area (Å²) in [6.07, 6.45) is 0. The molecule has 0 spiro atoms. The first-order valence-electron chi connectivity index (χ1n) is 5.29. The summed E-state index contributed by atoms with van der Waals surface area (Å²) in [5, 5.41) is 0.326. The highest BCUT2D eigenvalue weighted by atomic mass is 79.9. The normalized spacial score (nSPS) is 12.7. The van der Waals surface area contributed by atoms with Crippen molar-refractivity contribution >= 4 is 37.0 Å². The Labute approximate surface area is 125 Å². The lowest BCUT2D eigenvalue weighted by molar-refractivity contribution is -0.0501. The van der Waals surface area contributed by atoms with Gasteiger partial charge in [0.05, 0.1) is 4.47 Å². The Morgan fingerprint density at radius 1 is 1.29 bits per heavy atom. The Balaban J connectivity index is 2.60. The van der Waals surface area contributed by atoms with Gasteiger partial charge >= 0.3 is 15.6 Å². The predicted molar refractivity (Wildman–Crippen MR) is 69.7 cm³/mol. The molecule has 0 saturated carbocycles. The molecule has 0 atom stereocenters. The Morgan fingerprint density at radius 3 is 2.48 bits per heavy atom. The van der Waals surface area contributed by atoms with E-state index in [2.05, 4.69) is 25.1 Å². The molecule has 10 heteroatoms. The molecule has 0 radical (unpaired) electrons. The van der Waals surface area contributed by atoms with Crippen LogP contribution < -0.4 is 4.18 Å². The minimum absolute atomic E-state index is 0.0396. The van der Waals surface area contributed by atoms with Crippen molar-refractivity contribution in [1.29, 1.82) is 0 Å². The zero-order chi connectivity index (χ0) is 16.0. The summed E-state index contributed by atoms with van der Waals surface area (Å²) in [5.41, 5.74) is -5.57. The van der Waals surface area contributed by atoms with Gasteiger partial charge in [-0.05, 0) is 34.5 Å². The zero-order valence-corrected chi connectivity index (χ0v) is 12.6. The lowest BCUT2D eigenvalue weighted by Gasteiger charge is -2.11. The Hall–Kier alpha value is -1.42. The molecule has 1 aromatic carbocycles. The maximum atomic E-state index is 13.9. The third-order valence-corrected chi connectivity index (χ3v) is 4.10. The highest BCUT2D eigenvalue weighted by Gasteiger charge is 2.48. The summed E-state index contributed by atoms with van der Waals surface area (Å²) in [5.74, 6) is -1.68. The highest BCUT2D eigenvalue weighted by Crippen LogP contribution is 2.31. The van der Waals surface area contributed by atoms with Gasteiger partial charge < -0.3 is 4.18 Å². The van der Waals surface area contributed by atoms with Crippen LogP contribution in [-0.2, 0) is 10.1 Å². The molecule has 2 rings (SSSR count). The number of aromatic nitrogens is 1. The van der Waals surface area contributed by atoms with E-state index in [1.807, 2.05) is 0 Å². The molecule has 0 saturated heterocycles. The van der Waals surface area contributed by atoms with Crippen LogP contribution in [0.3, 0.4) is 0 Å². The number of nitrogens with zero attached hydrogens (tertiary/aromatic N) is 1. The predicted octanol–water partition coefficient (Wildman–Crippen LogP) is 3.67. The van der Waals surface area contributed by atoms with E-state index in [1.165, 1.54) is 19.1 Å². The highest BCUT2D eigenvalue weighted by molar-refractivity contribution is 9.10. The van der Waals surface area contributed by atoms with Gasteiger partial charge in [-0.2, -0.15) is 21.6 Å². The number of hydrogen-bond acceptors (Lipinski definition) is 4. The number of pyridine rings is 1. The van der Waals surface area contributed by atoms with Gasteiger partial charge in [0.15, 0.2) is 5.82 Å². The Morgan fingerprint density at radius 2 is 1.90 bits per heavy atom. The fourth-order valence-electron chi connectivity index (χ4n) is 1.58. The van der Waals surface area contributed by atoms with E-state index in [0.29, 0.717) is 10.9 Å². The van der Waals surface area contributed by atoms with Crippen molar-refractivity contribution in [2.24, 2.45) is 0 Å². The number of hydrogen-bond donors (Lipinski definition) is 0. The molecular weight excluding hydrogens is 382 g/mol. The second kappa shape index (κ2) is 5.09. The molecule has 0 aliphatic rings. The van der Waals surface area contributed by atoms with E-state index in [0.717, 1.165) is 6.07 Å². The van der Waals surface area contributed by atoms with Crippen molar-refractivity contribution in [3.8, 4) is 5.88 Å². The van der Waals surface area contributed by atoms with Gasteiger partial charge in [-0.25, -0.2) is 9.37 Å². The summed E-state index contributed by atoms with van der Waals surface area (Å²) in [4.78, 5) is 3.49. The lowest BCUT2D eigenvalue weighted by Crippen LogP contribution is -2.28. The molecule has 0 aliphatic carbocycles. The van der Waals surface area contributed by atoms with Crippen LogP contribution >= 0.6 is 15.9 Å². The second-order valence-electron chi connectivity index (χ2n) is 4.02. The van der Waals surface area contributed by atoms with E-state index in [-0.39, 0.29) is 9.99 Å². The van der Waals surface area contributed by atoms with Gasteiger partial charge in [0, 0.05) is 11.5 Å². The Kier molecular flexibility index (Phi) is 3.87. The zero-order valence-electron chi connectivity index (χ0n) is 10.2. The molecule has 0 fully saturated rings. The molecule has 0 unspecified atom stereocenters. The van der Waals surface area contributed by atoms with Gasteiger partial charge in [0.2, 0.25) is 5.88 Å². The van der Waals surface area contributed by atoms with Crippen LogP contribution in [0.25, 0.3) is 10.9 Å². The van der Waals surface area contributed by atoms with E-state index in [1.54, 1.807) is 0 Å². The monoisotopic (exact) mass is 387 g/mol. The van der Waals surface area contributed by atoms with Gasteiger partial charge in [-0.15, -0.1) is 0 Å². The minimum Gasteiger partial charge on any atom is -0.355 e. The van der Waals surface area contributed by atoms with E-state index in [4.69, 9.17) is 0 Å². The average molecular weight is 388 g/mol. The SMILES string of the molecule is Cc1cc(OS(=O)(=O)C(F)(F)F)nc2c(F)c(Br)ccc12. The van der Waals surface area contributed by atoms with E-state index >= 15 is 0 Å². The van der Waals surface area contributed by atoms with Gasteiger partial charge in [-0.3, -0.25) is 0 Å². The maximum Gasteiger partial charge on any atom is 0.534 e. The van der Waals surface area contributed by atoms with Gasteiger partial charge in [0.1, 0.15) is 5.52 Å². The van der Waals surface area contributed by atoms with Crippen molar-refractivity contribution < 1.29 is 30.2 Å². The molecule has 4 nitrogen and oxygen atoms in total. The quantitative estimate of drug-likeness (QED) is 0.448. The van der Waals surface area contributed by atoms with Crippen LogP contribution in [-0.4, -0.2) is 18.9 Å². The smallest absolute Gasteiger partial charge is 0.355 e. The maximum absolute atomic E-state index is 13.9. The fraction of sp³-hybridized carbons (Fsp3) is 0.182. The molecule has 2 aromatic rings. The third-order valence-electron chi connectivity index (χ3n) is 2.53. The number of rotatable bonds is 2. The summed E-state index contributed by atoms with van der Waals surface area (Å²) in [7, 11) is -5.86. The standard InChI is InChI=1S/C11H6BrF4NO3S/c1-5-4-8(20-21(18,19)11(14,15)16)17-10-6(5)2-3-7(12)9(10)13/h2-4H,1H3. The van der Waals surface area contributed by atoms with E-state index in [9.17, 15) is 26.0 Å². The van der Waals surface area contributed by atoms with Crippen molar-refractivity contribution in [2.45, 2.75) is 12.4 Å². The molecular formula is C11H6BrF4NO3S. The van der Waals surface area contributed by atoms with Gasteiger partial charge in [-0.1, -0.05) is 6.07 Å². The molecule has 21 heavy (non-hydrogen) atoms. The Bertz CT molecular complexity index is 820. The van der Waals surface area contributed by atoms with Crippen LogP contribution in [0, 0.1) is 12.7 Å². The number of fused-ring (bicyclic) bond motifs is 1. The molecule has 0 amide bonds. The summed E-state index contributed by atoms with van der Waals surface area (Å²) in [6, 6.07) is 3.88. The number of benzene rings is 1. The topological polar surface area (TPSA) is 56.3 Å². The number of halogens is 5.